The maximum absolute atomic E-state index is 14.7. The van der Waals surface area contributed by atoms with E-state index in [9.17, 15) is 9.50 Å². The van der Waals surface area contributed by atoms with Gasteiger partial charge in [0.2, 0.25) is 5.95 Å². The van der Waals surface area contributed by atoms with E-state index in [-0.39, 0.29) is 12.3 Å². The summed E-state index contributed by atoms with van der Waals surface area (Å²) in [5, 5.41) is 13.6. The second kappa shape index (κ2) is 8.60. The molecule has 0 radical (unpaired) electrons. The molecular weight excluding hydrogens is 449 g/mol. The van der Waals surface area contributed by atoms with E-state index in [1.165, 1.54) is 12.3 Å². The molecule has 1 saturated heterocycles. The van der Waals surface area contributed by atoms with Crippen molar-refractivity contribution in [3.05, 3.63) is 60.7 Å². The zero-order valence-electron chi connectivity index (χ0n) is 19.1. The summed E-state index contributed by atoms with van der Waals surface area (Å²) in [6, 6.07) is 5.31. The number of hydrogen-bond donors (Lipinski definition) is 3. The van der Waals surface area contributed by atoms with Gasteiger partial charge in [0.05, 0.1) is 18.5 Å². The molecule has 0 aromatic carbocycles. The van der Waals surface area contributed by atoms with Crippen LogP contribution in [0.15, 0.2) is 49.2 Å². The lowest BCUT2D eigenvalue weighted by Crippen LogP contribution is -2.44. The van der Waals surface area contributed by atoms with Crippen molar-refractivity contribution in [1.82, 2.24) is 34.2 Å². The van der Waals surface area contributed by atoms with E-state index in [4.69, 9.17) is 0 Å². The van der Waals surface area contributed by atoms with Crippen LogP contribution in [0.4, 0.5) is 21.8 Å². The molecule has 0 amide bonds. The zero-order chi connectivity index (χ0) is 23.9. The topological polar surface area (TPSA) is 110 Å². The Hall–Kier alpha value is -4.09. The quantitative estimate of drug-likeness (QED) is 0.358. The first-order valence-corrected chi connectivity index (χ1v) is 11.4. The molecule has 0 saturated carbocycles. The van der Waals surface area contributed by atoms with Crippen molar-refractivity contribution in [3.63, 3.8) is 0 Å². The fourth-order valence-electron chi connectivity index (χ4n) is 4.40. The van der Waals surface area contributed by atoms with Gasteiger partial charge in [0.1, 0.15) is 11.5 Å². The van der Waals surface area contributed by atoms with Gasteiger partial charge in [-0.25, -0.2) is 19.3 Å². The highest BCUT2D eigenvalue weighted by Crippen LogP contribution is 2.30. The highest BCUT2D eigenvalue weighted by atomic mass is 19.1. The van der Waals surface area contributed by atoms with Gasteiger partial charge in [-0.2, -0.15) is 4.98 Å². The molecule has 0 atom stereocenters. The molecule has 10 nitrogen and oxygen atoms in total. The summed E-state index contributed by atoms with van der Waals surface area (Å²) in [5.41, 5.74) is 3.55. The van der Waals surface area contributed by atoms with Crippen LogP contribution >= 0.6 is 0 Å². The minimum Gasteiger partial charge on any atom is -0.390 e. The lowest BCUT2D eigenvalue weighted by Gasteiger charge is -2.33. The SMILES string of the molecule is CN1CCN(c2cc(Nc3ncc4c(-c5cc(F)c6ncc(CO)n6c5)c[nH]c4n3)ccn2)CC1. The number of imidazole rings is 1. The Morgan fingerprint density at radius 2 is 1.97 bits per heavy atom. The number of anilines is 3. The van der Waals surface area contributed by atoms with Crippen molar-refractivity contribution in [3.8, 4) is 11.1 Å². The number of aliphatic hydroxyl groups excluding tert-OH is 1. The van der Waals surface area contributed by atoms with Gasteiger partial charge in [0.15, 0.2) is 11.5 Å². The number of nitrogens with zero attached hydrogens (tertiary/aromatic N) is 7. The van der Waals surface area contributed by atoms with Gasteiger partial charge >= 0.3 is 0 Å². The van der Waals surface area contributed by atoms with Crippen LogP contribution in [0, 0.1) is 5.82 Å². The molecule has 1 aliphatic rings. The lowest BCUT2D eigenvalue weighted by molar-refractivity contribution is 0.276. The standard InChI is InChI=1S/C24H24FN9O/c1-32-4-6-33(7-5-32)21-9-16(2-3-26-21)30-24-29-12-19-18(11-27-22(19)31-24)15-8-20(25)23-28-10-17(14-35)34(23)13-15/h2-3,8-13,35H,4-7,14H2,1H3,(H2,26,27,29,30,31). The van der Waals surface area contributed by atoms with Crippen LogP contribution in [-0.2, 0) is 6.61 Å². The summed E-state index contributed by atoms with van der Waals surface area (Å²) in [6.07, 6.45) is 8.48. The molecule has 0 spiro atoms. The molecule has 178 valence electrons. The number of aromatic nitrogens is 6. The van der Waals surface area contributed by atoms with Crippen molar-refractivity contribution in [2.75, 3.05) is 43.4 Å². The third-order valence-electron chi connectivity index (χ3n) is 6.37. The highest BCUT2D eigenvalue weighted by Gasteiger charge is 2.17. The summed E-state index contributed by atoms with van der Waals surface area (Å²) in [7, 11) is 2.13. The summed E-state index contributed by atoms with van der Waals surface area (Å²) in [6.45, 7) is 3.65. The van der Waals surface area contributed by atoms with E-state index in [0.717, 1.165) is 48.6 Å². The van der Waals surface area contributed by atoms with Crippen LogP contribution in [0.5, 0.6) is 0 Å². The smallest absolute Gasteiger partial charge is 0.229 e. The van der Waals surface area contributed by atoms with Crippen LogP contribution < -0.4 is 10.2 Å². The van der Waals surface area contributed by atoms with Gasteiger partial charge in [0.25, 0.3) is 0 Å². The number of H-pyrrole nitrogens is 1. The van der Waals surface area contributed by atoms with Crippen molar-refractivity contribution in [2.24, 2.45) is 0 Å². The number of halogens is 1. The second-order valence-corrected chi connectivity index (χ2v) is 8.65. The van der Waals surface area contributed by atoms with Crippen molar-refractivity contribution >= 4 is 34.1 Å². The molecule has 6 heterocycles. The van der Waals surface area contributed by atoms with Gasteiger partial charge in [-0.1, -0.05) is 0 Å². The average Bonchev–Trinajstić information content (AvgIpc) is 3.48. The fraction of sp³-hybridized carbons (Fsp3) is 0.250. The first-order chi connectivity index (χ1) is 17.1. The maximum Gasteiger partial charge on any atom is 0.229 e. The third kappa shape index (κ3) is 3.94. The van der Waals surface area contributed by atoms with Crippen LogP contribution in [-0.4, -0.2) is 72.6 Å². The van der Waals surface area contributed by atoms with Crippen molar-refractivity contribution in [1.29, 1.82) is 0 Å². The molecule has 35 heavy (non-hydrogen) atoms. The number of rotatable bonds is 5. The van der Waals surface area contributed by atoms with E-state index in [0.29, 0.717) is 22.9 Å². The van der Waals surface area contributed by atoms with E-state index >= 15 is 0 Å². The number of piperazine rings is 1. The summed E-state index contributed by atoms with van der Waals surface area (Å²) in [5.74, 6) is 0.898. The molecule has 11 heteroatoms. The molecule has 5 aromatic heterocycles. The number of pyridine rings is 2. The number of aliphatic hydroxyl groups is 1. The maximum atomic E-state index is 14.7. The molecule has 1 aliphatic heterocycles. The highest BCUT2D eigenvalue weighted by molar-refractivity contribution is 5.93. The van der Waals surface area contributed by atoms with E-state index in [1.54, 1.807) is 29.2 Å². The molecule has 3 N–H and O–H groups in total. The molecule has 0 bridgehead atoms. The largest absolute Gasteiger partial charge is 0.390 e. The van der Waals surface area contributed by atoms with E-state index < -0.39 is 5.82 Å². The molecule has 1 fully saturated rings. The van der Waals surface area contributed by atoms with Crippen molar-refractivity contribution in [2.45, 2.75) is 6.61 Å². The predicted octanol–water partition coefficient (Wildman–Crippen LogP) is 2.79. The zero-order valence-corrected chi connectivity index (χ0v) is 19.1. The Morgan fingerprint density at radius 3 is 2.80 bits per heavy atom. The van der Waals surface area contributed by atoms with Crippen LogP contribution in [0.25, 0.3) is 27.8 Å². The van der Waals surface area contributed by atoms with Gasteiger partial charge in [-0.3, -0.25) is 4.40 Å². The Labute approximate surface area is 200 Å². The fourth-order valence-corrected chi connectivity index (χ4v) is 4.40. The van der Waals surface area contributed by atoms with Gasteiger partial charge < -0.3 is 25.2 Å². The molecule has 0 aliphatic carbocycles. The van der Waals surface area contributed by atoms with E-state index in [1.807, 2.05) is 12.1 Å². The Balaban J connectivity index is 1.28. The molecular formula is C24H24FN9O. The van der Waals surface area contributed by atoms with Crippen LogP contribution in [0.3, 0.4) is 0 Å². The number of likely N-dealkylation sites (N-methyl/N-ethyl adjacent to an activating group) is 1. The Kier molecular flexibility index (Phi) is 5.27. The molecule has 6 rings (SSSR count). The summed E-state index contributed by atoms with van der Waals surface area (Å²) in [4.78, 5) is 25.4. The van der Waals surface area contributed by atoms with Gasteiger partial charge in [-0.05, 0) is 19.2 Å². The van der Waals surface area contributed by atoms with Crippen molar-refractivity contribution < 1.29 is 9.50 Å². The minimum absolute atomic E-state index is 0.175. The van der Waals surface area contributed by atoms with Crippen LogP contribution in [0.2, 0.25) is 0 Å². The summed E-state index contributed by atoms with van der Waals surface area (Å²) < 4.78 is 16.2. The number of nitrogens with one attached hydrogen (secondary N) is 2. The lowest BCUT2D eigenvalue weighted by atomic mass is 10.1. The number of hydrogen-bond acceptors (Lipinski definition) is 8. The first kappa shape index (κ1) is 21.4. The molecule has 5 aromatic rings. The Morgan fingerprint density at radius 1 is 1.11 bits per heavy atom. The molecule has 0 unspecified atom stereocenters. The number of fused-ring (bicyclic) bond motifs is 2. The van der Waals surface area contributed by atoms with Gasteiger partial charge in [0, 0.05) is 79.2 Å². The van der Waals surface area contributed by atoms with Gasteiger partial charge in [-0.15, -0.1) is 0 Å². The monoisotopic (exact) mass is 473 g/mol. The van der Waals surface area contributed by atoms with Crippen LogP contribution in [0.1, 0.15) is 5.69 Å². The van der Waals surface area contributed by atoms with E-state index in [2.05, 4.69) is 47.1 Å². The third-order valence-corrected chi connectivity index (χ3v) is 6.37. The normalized spacial score (nSPS) is 14.8. The summed E-state index contributed by atoms with van der Waals surface area (Å²) >= 11 is 0. The Bertz CT molecular complexity index is 1520. The number of aromatic amines is 1. The first-order valence-electron chi connectivity index (χ1n) is 11.4. The average molecular weight is 474 g/mol. The second-order valence-electron chi connectivity index (χ2n) is 8.65. The predicted molar refractivity (Wildman–Crippen MR) is 131 cm³/mol. The minimum atomic E-state index is -0.468.